The summed E-state index contributed by atoms with van der Waals surface area (Å²) >= 11 is 0. The molecule has 0 spiro atoms. The van der Waals surface area contributed by atoms with Gasteiger partial charge in [0, 0.05) is 6.07 Å². The first-order valence-electron chi connectivity index (χ1n) is 9.26. The van der Waals surface area contributed by atoms with Gasteiger partial charge in [-0.15, -0.1) is 0 Å². The molecule has 1 aliphatic rings. The number of phenolic OH excluding ortho intramolecular Hbond substituents is 3. The number of carbonyl (C=O) groups excluding carboxylic acids is 1. The third kappa shape index (κ3) is 4.95. The number of benzene rings is 2. The van der Waals surface area contributed by atoms with E-state index in [2.05, 4.69) is 0 Å². The lowest BCUT2D eigenvalue weighted by atomic mass is 9.99. The number of aliphatic hydroxyl groups is 4. The van der Waals surface area contributed by atoms with Crippen LogP contribution in [-0.2, 0) is 4.74 Å². The molecular formula is C21H22O10. The molecule has 5 atom stereocenters. The first-order chi connectivity index (χ1) is 14.7. The molecule has 3 rings (SSSR count). The number of rotatable bonds is 6. The molecule has 10 nitrogen and oxygen atoms in total. The van der Waals surface area contributed by atoms with Crippen LogP contribution in [0.25, 0.3) is 6.08 Å². The van der Waals surface area contributed by atoms with Gasteiger partial charge in [0.2, 0.25) is 6.29 Å². The molecule has 0 bridgehead atoms. The number of aromatic hydroxyl groups is 3. The lowest BCUT2D eigenvalue weighted by Gasteiger charge is -2.39. The number of ether oxygens (including phenoxy) is 2. The molecule has 7 N–H and O–H groups in total. The van der Waals surface area contributed by atoms with E-state index < -0.39 is 48.8 Å². The van der Waals surface area contributed by atoms with Gasteiger partial charge in [-0.2, -0.15) is 0 Å². The molecule has 1 heterocycles. The van der Waals surface area contributed by atoms with Crippen LogP contribution in [0.15, 0.2) is 42.5 Å². The monoisotopic (exact) mass is 434 g/mol. The van der Waals surface area contributed by atoms with Crippen LogP contribution >= 0.6 is 0 Å². The van der Waals surface area contributed by atoms with Crippen molar-refractivity contribution in [3.05, 3.63) is 53.6 Å². The van der Waals surface area contributed by atoms with Gasteiger partial charge < -0.3 is 45.2 Å². The van der Waals surface area contributed by atoms with Gasteiger partial charge in [-0.3, -0.25) is 4.79 Å². The van der Waals surface area contributed by atoms with E-state index in [0.29, 0.717) is 5.56 Å². The summed E-state index contributed by atoms with van der Waals surface area (Å²) in [5.41, 5.74) is 0.395. The summed E-state index contributed by atoms with van der Waals surface area (Å²) in [4.78, 5) is 12.4. The maximum absolute atomic E-state index is 12.4. The summed E-state index contributed by atoms with van der Waals surface area (Å²) in [5, 5.41) is 67.8. The number of hydrogen-bond acceptors (Lipinski definition) is 10. The summed E-state index contributed by atoms with van der Waals surface area (Å²) in [6.45, 7) is -0.616. The van der Waals surface area contributed by atoms with Crippen molar-refractivity contribution in [1.29, 1.82) is 0 Å². The van der Waals surface area contributed by atoms with Crippen LogP contribution in [0.2, 0.25) is 0 Å². The standard InChI is InChI=1S/C21H22O10/c22-9-17-18(27)19(28)20(29)21(31-17)30-11-3-4-12(15(25)8-11)13(23)5-1-10-2-6-14(24)16(26)7-10/h1-8,17-22,24-29H,9H2. The Morgan fingerprint density at radius 3 is 2.32 bits per heavy atom. The molecule has 0 aliphatic carbocycles. The molecule has 0 saturated carbocycles. The van der Waals surface area contributed by atoms with Gasteiger partial charge in [0.05, 0.1) is 12.2 Å². The van der Waals surface area contributed by atoms with E-state index in [4.69, 9.17) is 9.47 Å². The molecule has 2 aromatic rings. The Labute approximate surface area is 176 Å². The topological polar surface area (TPSA) is 177 Å². The second-order valence-corrected chi connectivity index (χ2v) is 6.94. The molecule has 10 heteroatoms. The Morgan fingerprint density at radius 1 is 0.935 bits per heavy atom. The number of ketones is 1. The van der Waals surface area contributed by atoms with Gasteiger partial charge >= 0.3 is 0 Å². The van der Waals surface area contributed by atoms with Crippen molar-refractivity contribution < 1.29 is 50.0 Å². The second-order valence-electron chi connectivity index (χ2n) is 6.94. The van der Waals surface area contributed by atoms with Crippen molar-refractivity contribution in [2.75, 3.05) is 6.61 Å². The first-order valence-corrected chi connectivity index (χ1v) is 9.26. The number of phenols is 3. The maximum atomic E-state index is 12.4. The first kappa shape index (κ1) is 22.5. The summed E-state index contributed by atoms with van der Waals surface area (Å²) in [6, 6.07) is 7.72. The van der Waals surface area contributed by atoms with E-state index in [1.54, 1.807) is 0 Å². The number of hydrogen-bond donors (Lipinski definition) is 7. The average molecular weight is 434 g/mol. The van der Waals surface area contributed by atoms with Crippen LogP contribution in [0.3, 0.4) is 0 Å². The second kappa shape index (κ2) is 9.33. The van der Waals surface area contributed by atoms with Crippen LogP contribution in [-0.4, -0.2) is 78.8 Å². The number of carbonyl (C=O) groups is 1. The predicted molar refractivity (Wildman–Crippen MR) is 106 cm³/mol. The van der Waals surface area contributed by atoms with Gasteiger partial charge in [-0.25, -0.2) is 0 Å². The molecule has 166 valence electrons. The van der Waals surface area contributed by atoms with Crippen molar-refractivity contribution in [3.8, 4) is 23.0 Å². The summed E-state index contributed by atoms with van der Waals surface area (Å²) in [5.74, 6) is -1.61. The summed E-state index contributed by atoms with van der Waals surface area (Å²) in [6.07, 6.45) is -4.80. The Balaban J connectivity index is 1.71. The highest BCUT2D eigenvalue weighted by Crippen LogP contribution is 2.29. The van der Waals surface area contributed by atoms with Crippen LogP contribution in [0.1, 0.15) is 15.9 Å². The van der Waals surface area contributed by atoms with Gasteiger partial charge in [0.25, 0.3) is 0 Å². The minimum absolute atomic E-state index is 0.00539. The number of aliphatic hydroxyl groups excluding tert-OH is 4. The highest BCUT2D eigenvalue weighted by atomic mass is 16.7. The fraction of sp³-hybridized carbons (Fsp3) is 0.286. The molecule has 2 aromatic carbocycles. The lowest BCUT2D eigenvalue weighted by Crippen LogP contribution is -2.60. The zero-order valence-electron chi connectivity index (χ0n) is 16.1. The normalized spacial score (nSPS) is 26.1. The molecule has 31 heavy (non-hydrogen) atoms. The molecule has 0 radical (unpaired) electrons. The highest BCUT2D eigenvalue weighted by Gasteiger charge is 2.44. The minimum atomic E-state index is -1.62. The fourth-order valence-corrected chi connectivity index (χ4v) is 3.00. The van der Waals surface area contributed by atoms with E-state index in [1.165, 1.54) is 42.5 Å². The van der Waals surface area contributed by atoms with Gasteiger partial charge in [0.1, 0.15) is 35.9 Å². The summed E-state index contributed by atoms with van der Waals surface area (Å²) in [7, 11) is 0. The van der Waals surface area contributed by atoms with Gasteiger partial charge in [-0.05, 0) is 35.9 Å². The average Bonchev–Trinajstić information content (AvgIpc) is 2.74. The zero-order valence-corrected chi connectivity index (χ0v) is 16.1. The molecule has 0 aromatic heterocycles. The fourth-order valence-electron chi connectivity index (χ4n) is 3.00. The van der Waals surface area contributed by atoms with Gasteiger partial charge in [0.15, 0.2) is 17.3 Å². The highest BCUT2D eigenvalue weighted by molar-refractivity contribution is 6.08. The SMILES string of the molecule is O=C(C=Cc1ccc(O)c(O)c1)c1ccc(OC2OC(CO)C(O)C(O)C2O)cc1O. The van der Waals surface area contributed by atoms with E-state index in [9.17, 15) is 40.5 Å². The lowest BCUT2D eigenvalue weighted by molar-refractivity contribution is -0.277. The van der Waals surface area contributed by atoms with Crippen LogP contribution < -0.4 is 4.74 Å². The van der Waals surface area contributed by atoms with Crippen LogP contribution in [0.4, 0.5) is 0 Å². The van der Waals surface area contributed by atoms with Gasteiger partial charge in [-0.1, -0.05) is 12.1 Å². The van der Waals surface area contributed by atoms with E-state index in [-0.39, 0.29) is 22.8 Å². The largest absolute Gasteiger partial charge is 0.507 e. The molecule has 1 fully saturated rings. The van der Waals surface area contributed by atoms with Crippen molar-refractivity contribution >= 4 is 11.9 Å². The Kier molecular flexibility index (Phi) is 6.78. The van der Waals surface area contributed by atoms with Crippen molar-refractivity contribution in [1.82, 2.24) is 0 Å². The Bertz CT molecular complexity index is 971. The minimum Gasteiger partial charge on any atom is -0.507 e. The Hall–Kier alpha value is -3.15. The third-order valence-electron chi connectivity index (χ3n) is 4.76. The molecule has 1 saturated heterocycles. The third-order valence-corrected chi connectivity index (χ3v) is 4.76. The predicted octanol–water partition coefficient (Wildman–Crippen LogP) is -0.122. The smallest absolute Gasteiger partial charge is 0.229 e. The summed E-state index contributed by atoms with van der Waals surface area (Å²) < 4.78 is 10.6. The Morgan fingerprint density at radius 2 is 1.68 bits per heavy atom. The van der Waals surface area contributed by atoms with E-state index in [0.717, 1.165) is 6.07 Å². The van der Waals surface area contributed by atoms with Crippen molar-refractivity contribution in [2.24, 2.45) is 0 Å². The molecule has 5 unspecified atom stereocenters. The van der Waals surface area contributed by atoms with Crippen molar-refractivity contribution in [2.45, 2.75) is 30.7 Å². The maximum Gasteiger partial charge on any atom is 0.229 e. The van der Waals surface area contributed by atoms with E-state index in [1.807, 2.05) is 0 Å². The zero-order chi connectivity index (χ0) is 22.7. The van der Waals surface area contributed by atoms with Crippen LogP contribution in [0, 0.1) is 0 Å². The van der Waals surface area contributed by atoms with E-state index >= 15 is 0 Å². The molecular weight excluding hydrogens is 412 g/mol. The quantitative estimate of drug-likeness (QED) is 0.184. The van der Waals surface area contributed by atoms with Crippen LogP contribution in [0.5, 0.6) is 23.0 Å². The molecule has 0 amide bonds. The van der Waals surface area contributed by atoms with Crippen molar-refractivity contribution in [3.63, 3.8) is 0 Å². The molecule has 1 aliphatic heterocycles. The number of allylic oxidation sites excluding steroid dienone is 1.